The molecule has 2 N–H and O–H groups in total. The third kappa shape index (κ3) is 2.67. The van der Waals surface area contributed by atoms with Crippen LogP contribution < -0.4 is 5.48 Å². The van der Waals surface area contributed by atoms with Gasteiger partial charge in [0, 0.05) is 18.8 Å². The molecule has 0 fully saturated rings. The Morgan fingerprint density at radius 3 is 3.08 bits per heavy atom. The number of carbonyl (C=O) groups is 1. The summed E-state index contributed by atoms with van der Waals surface area (Å²) >= 11 is 0. The fraction of sp³-hybridized carbons (Fsp3) is 0.250. The van der Waals surface area contributed by atoms with Gasteiger partial charge in [-0.3, -0.25) is 15.0 Å². The lowest BCUT2D eigenvalue weighted by atomic mass is 10.1. The number of rotatable bonds is 3. The SMILES string of the molecule is O=C(CCc1cccnc1)NO. The molecule has 0 spiro atoms. The summed E-state index contributed by atoms with van der Waals surface area (Å²) in [5.41, 5.74) is 2.56. The number of hydrogen-bond acceptors (Lipinski definition) is 3. The van der Waals surface area contributed by atoms with Crippen LogP contribution in [0, 0.1) is 0 Å². The fourth-order valence-corrected chi connectivity index (χ4v) is 0.860. The van der Waals surface area contributed by atoms with Crippen molar-refractivity contribution in [1.82, 2.24) is 10.5 Å². The summed E-state index contributed by atoms with van der Waals surface area (Å²) < 4.78 is 0. The van der Waals surface area contributed by atoms with Crippen LogP contribution in [0.3, 0.4) is 0 Å². The van der Waals surface area contributed by atoms with E-state index in [-0.39, 0.29) is 12.3 Å². The van der Waals surface area contributed by atoms with Crippen molar-refractivity contribution in [1.29, 1.82) is 0 Å². The molecule has 0 aliphatic heterocycles. The number of hydroxylamine groups is 1. The minimum absolute atomic E-state index is 0.280. The fourth-order valence-electron chi connectivity index (χ4n) is 0.860. The highest BCUT2D eigenvalue weighted by Gasteiger charge is 1.99. The lowest BCUT2D eigenvalue weighted by Gasteiger charge is -1.98. The minimum atomic E-state index is -0.376. The molecule has 0 saturated carbocycles. The van der Waals surface area contributed by atoms with Crippen molar-refractivity contribution in [3.63, 3.8) is 0 Å². The molecule has 1 rings (SSSR count). The Bertz CT molecular complexity index is 248. The lowest BCUT2D eigenvalue weighted by Crippen LogP contribution is -2.18. The standard InChI is InChI=1S/C8H10N2O2/c11-8(10-12)4-3-7-2-1-5-9-6-7/h1-2,5-6,12H,3-4H2,(H,10,11). The summed E-state index contributed by atoms with van der Waals surface area (Å²) in [5.74, 6) is -0.376. The summed E-state index contributed by atoms with van der Waals surface area (Å²) in [6.07, 6.45) is 4.25. The molecule has 0 aliphatic rings. The minimum Gasteiger partial charge on any atom is -0.289 e. The van der Waals surface area contributed by atoms with Gasteiger partial charge in [0.05, 0.1) is 0 Å². The number of aromatic nitrogens is 1. The van der Waals surface area contributed by atoms with E-state index in [1.165, 1.54) is 0 Å². The molecule has 4 heteroatoms. The van der Waals surface area contributed by atoms with E-state index in [1.54, 1.807) is 17.9 Å². The van der Waals surface area contributed by atoms with Crippen LogP contribution in [0.4, 0.5) is 0 Å². The molecular formula is C8H10N2O2. The zero-order chi connectivity index (χ0) is 8.81. The normalized spacial score (nSPS) is 9.42. The number of hydrogen-bond donors (Lipinski definition) is 2. The Kier molecular flexibility index (Phi) is 3.22. The molecular weight excluding hydrogens is 156 g/mol. The highest BCUT2D eigenvalue weighted by Crippen LogP contribution is 1.99. The predicted octanol–water partition coefficient (Wildman–Crippen LogP) is 0.520. The smallest absolute Gasteiger partial charge is 0.243 e. The summed E-state index contributed by atoms with van der Waals surface area (Å²) in [4.78, 5) is 14.5. The highest BCUT2D eigenvalue weighted by molar-refractivity contribution is 5.74. The summed E-state index contributed by atoms with van der Waals surface area (Å²) in [6.45, 7) is 0. The Labute approximate surface area is 70.2 Å². The van der Waals surface area contributed by atoms with E-state index in [1.807, 2.05) is 12.1 Å². The van der Waals surface area contributed by atoms with Gasteiger partial charge in [0.2, 0.25) is 5.91 Å². The van der Waals surface area contributed by atoms with E-state index in [4.69, 9.17) is 5.21 Å². The van der Waals surface area contributed by atoms with Crippen LogP contribution in [0.2, 0.25) is 0 Å². The van der Waals surface area contributed by atoms with Crippen molar-refractivity contribution < 1.29 is 10.0 Å². The Hall–Kier alpha value is -1.42. The molecule has 64 valence electrons. The van der Waals surface area contributed by atoms with Gasteiger partial charge in [0.25, 0.3) is 0 Å². The van der Waals surface area contributed by atoms with Crippen LogP contribution in [0.5, 0.6) is 0 Å². The first-order chi connectivity index (χ1) is 5.83. The van der Waals surface area contributed by atoms with E-state index >= 15 is 0 Å². The first-order valence-electron chi connectivity index (χ1n) is 3.65. The van der Waals surface area contributed by atoms with Crippen LogP contribution in [-0.4, -0.2) is 16.1 Å². The molecule has 0 aromatic carbocycles. The van der Waals surface area contributed by atoms with Gasteiger partial charge >= 0.3 is 0 Å². The molecule has 4 nitrogen and oxygen atoms in total. The van der Waals surface area contributed by atoms with E-state index in [2.05, 4.69) is 4.98 Å². The molecule has 0 unspecified atom stereocenters. The number of aryl methyl sites for hydroxylation is 1. The Morgan fingerprint density at radius 1 is 1.67 bits per heavy atom. The number of nitrogens with zero attached hydrogens (tertiary/aromatic N) is 1. The molecule has 1 aromatic heterocycles. The zero-order valence-electron chi connectivity index (χ0n) is 6.53. The third-order valence-corrected chi connectivity index (χ3v) is 1.49. The number of amides is 1. The first-order valence-corrected chi connectivity index (χ1v) is 3.65. The summed E-state index contributed by atoms with van der Waals surface area (Å²) in [7, 11) is 0. The molecule has 12 heavy (non-hydrogen) atoms. The van der Waals surface area contributed by atoms with Crippen molar-refractivity contribution in [2.24, 2.45) is 0 Å². The van der Waals surface area contributed by atoms with Crippen LogP contribution >= 0.6 is 0 Å². The van der Waals surface area contributed by atoms with Crippen molar-refractivity contribution in [2.75, 3.05) is 0 Å². The van der Waals surface area contributed by atoms with E-state index in [0.29, 0.717) is 6.42 Å². The molecule has 0 saturated heterocycles. The molecule has 1 amide bonds. The van der Waals surface area contributed by atoms with Crippen LogP contribution in [0.15, 0.2) is 24.5 Å². The van der Waals surface area contributed by atoms with Crippen molar-refractivity contribution in [3.8, 4) is 0 Å². The second-order valence-corrected chi connectivity index (χ2v) is 2.40. The Morgan fingerprint density at radius 2 is 2.50 bits per heavy atom. The number of nitrogens with one attached hydrogen (secondary N) is 1. The van der Waals surface area contributed by atoms with E-state index < -0.39 is 0 Å². The predicted molar refractivity (Wildman–Crippen MR) is 42.5 cm³/mol. The zero-order valence-corrected chi connectivity index (χ0v) is 6.53. The topological polar surface area (TPSA) is 62.2 Å². The third-order valence-electron chi connectivity index (χ3n) is 1.49. The number of carbonyl (C=O) groups excluding carboxylic acids is 1. The van der Waals surface area contributed by atoms with Gasteiger partial charge in [-0.25, -0.2) is 5.48 Å². The lowest BCUT2D eigenvalue weighted by molar-refractivity contribution is -0.129. The van der Waals surface area contributed by atoms with Gasteiger partial charge in [-0.2, -0.15) is 0 Å². The summed E-state index contributed by atoms with van der Waals surface area (Å²) in [5, 5.41) is 8.20. The molecule has 0 atom stereocenters. The van der Waals surface area contributed by atoms with Crippen LogP contribution in [-0.2, 0) is 11.2 Å². The van der Waals surface area contributed by atoms with Gasteiger partial charge in [-0.1, -0.05) is 6.07 Å². The van der Waals surface area contributed by atoms with Crippen molar-refractivity contribution >= 4 is 5.91 Å². The second kappa shape index (κ2) is 4.46. The van der Waals surface area contributed by atoms with Crippen LogP contribution in [0.1, 0.15) is 12.0 Å². The highest BCUT2D eigenvalue weighted by atomic mass is 16.5. The van der Waals surface area contributed by atoms with Gasteiger partial charge in [-0.15, -0.1) is 0 Å². The van der Waals surface area contributed by atoms with Crippen LogP contribution in [0.25, 0.3) is 0 Å². The monoisotopic (exact) mass is 166 g/mol. The van der Waals surface area contributed by atoms with Crippen molar-refractivity contribution in [3.05, 3.63) is 30.1 Å². The summed E-state index contributed by atoms with van der Waals surface area (Å²) in [6, 6.07) is 3.70. The maximum atomic E-state index is 10.6. The van der Waals surface area contributed by atoms with Gasteiger partial charge < -0.3 is 0 Å². The van der Waals surface area contributed by atoms with Crippen molar-refractivity contribution in [2.45, 2.75) is 12.8 Å². The average molecular weight is 166 g/mol. The molecule has 1 heterocycles. The largest absolute Gasteiger partial charge is 0.289 e. The molecule has 0 bridgehead atoms. The number of pyridine rings is 1. The van der Waals surface area contributed by atoms with E-state index in [0.717, 1.165) is 5.56 Å². The maximum absolute atomic E-state index is 10.6. The van der Waals surface area contributed by atoms with Gasteiger partial charge in [0.1, 0.15) is 0 Å². The van der Waals surface area contributed by atoms with Gasteiger partial charge in [-0.05, 0) is 18.1 Å². The Balaban J connectivity index is 2.38. The van der Waals surface area contributed by atoms with E-state index in [9.17, 15) is 4.79 Å². The van der Waals surface area contributed by atoms with Gasteiger partial charge in [0.15, 0.2) is 0 Å². The molecule has 0 aliphatic carbocycles. The maximum Gasteiger partial charge on any atom is 0.243 e. The molecule has 1 aromatic rings. The second-order valence-electron chi connectivity index (χ2n) is 2.40. The average Bonchev–Trinajstić information content (AvgIpc) is 2.16. The molecule has 0 radical (unpaired) electrons. The quantitative estimate of drug-likeness (QED) is 0.508. The first kappa shape index (κ1) is 8.67.